The quantitative estimate of drug-likeness (QED) is 0.813. The number of hydrogen-bond acceptors (Lipinski definition) is 3. The van der Waals surface area contributed by atoms with Crippen molar-refractivity contribution in [3.8, 4) is 0 Å². The number of fused-ring (bicyclic) bond motifs is 1. The number of aryl methyl sites for hydroxylation is 2. The highest BCUT2D eigenvalue weighted by Crippen LogP contribution is 2.31. The van der Waals surface area contributed by atoms with Crippen LogP contribution in [0, 0.1) is 12.3 Å². The lowest BCUT2D eigenvalue weighted by molar-refractivity contribution is -0.151. The lowest BCUT2D eigenvalue weighted by Gasteiger charge is -2.23. The fourth-order valence-corrected chi connectivity index (χ4v) is 3.87. The molecule has 0 bridgehead atoms. The largest absolute Gasteiger partial charge is 0.481 e. The van der Waals surface area contributed by atoms with Crippen LogP contribution in [0.25, 0.3) is 10.9 Å². The standard InChI is InChI=1S/C20H27N3O4/c1-14-4-5-16-15(11-22(2)17(16)10-14)6-8-21-19(26)23-9-7-20(12-23,13-27-3)18(24)25/h4-5,10-11H,6-9,12-13H2,1-3H3,(H,21,26)(H,24,25). The Morgan fingerprint density at radius 1 is 1.37 bits per heavy atom. The summed E-state index contributed by atoms with van der Waals surface area (Å²) in [4.78, 5) is 25.6. The number of carbonyl (C=O) groups excluding carboxylic acids is 1. The molecule has 1 unspecified atom stereocenters. The van der Waals surface area contributed by atoms with E-state index in [9.17, 15) is 14.7 Å². The summed E-state index contributed by atoms with van der Waals surface area (Å²) in [6, 6.07) is 6.15. The molecule has 2 aromatic rings. The van der Waals surface area contributed by atoms with Gasteiger partial charge in [0.15, 0.2) is 0 Å². The molecule has 0 radical (unpaired) electrons. The Labute approximate surface area is 158 Å². The average Bonchev–Trinajstić information content (AvgIpc) is 3.18. The van der Waals surface area contributed by atoms with E-state index in [4.69, 9.17) is 4.74 Å². The number of rotatable bonds is 6. The van der Waals surface area contributed by atoms with Crippen molar-refractivity contribution >= 4 is 22.9 Å². The van der Waals surface area contributed by atoms with Gasteiger partial charge in [-0.15, -0.1) is 0 Å². The Bertz CT molecular complexity index is 860. The molecule has 2 amide bonds. The second kappa shape index (κ2) is 7.60. The van der Waals surface area contributed by atoms with E-state index in [0.29, 0.717) is 19.5 Å². The van der Waals surface area contributed by atoms with E-state index in [1.54, 1.807) is 4.90 Å². The van der Waals surface area contributed by atoms with E-state index in [2.05, 4.69) is 41.2 Å². The summed E-state index contributed by atoms with van der Waals surface area (Å²) < 4.78 is 7.17. The molecule has 1 aromatic heterocycles. The lowest BCUT2D eigenvalue weighted by atomic mass is 9.88. The number of nitrogens with one attached hydrogen (secondary N) is 1. The number of carboxylic acids is 1. The molecule has 27 heavy (non-hydrogen) atoms. The van der Waals surface area contributed by atoms with Gasteiger partial charge in [-0.05, 0) is 37.0 Å². The Kier molecular flexibility index (Phi) is 5.41. The molecule has 1 saturated heterocycles. The summed E-state index contributed by atoms with van der Waals surface area (Å²) in [5.74, 6) is -0.911. The highest BCUT2D eigenvalue weighted by Gasteiger charge is 2.46. The van der Waals surface area contributed by atoms with Gasteiger partial charge in [-0.3, -0.25) is 4.79 Å². The number of aromatic nitrogens is 1. The number of aliphatic carboxylic acids is 1. The second-order valence-corrected chi connectivity index (χ2v) is 7.46. The number of carbonyl (C=O) groups is 2. The smallest absolute Gasteiger partial charge is 0.317 e. The number of hydrogen-bond donors (Lipinski definition) is 2. The van der Waals surface area contributed by atoms with Crippen molar-refractivity contribution in [2.75, 3.05) is 33.4 Å². The van der Waals surface area contributed by atoms with Crippen LogP contribution in [0.15, 0.2) is 24.4 Å². The molecule has 1 aromatic carbocycles. The normalized spacial score (nSPS) is 19.6. The summed E-state index contributed by atoms with van der Waals surface area (Å²) in [6.07, 6.45) is 3.23. The summed E-state index contributed by atoms with van der Waals surface area (Å²) in [6.45, 7) is 3.29. The summed E-state index contributed by atoms with van der Waals surface area (Å²) in [5.41, 5.74) is 2.59. The van der Waals surface area contributed by atoms with Crippen LogP contribution in [0.4, 0.5) is 4.79 Å². The van der Waals surface area contributed by atoms with Gasteiger partial charge in [0, 0.05) is 50.9 Å². The molecule has 2 N–H and O–H groups in total. The maximum absolute atomic E-state index is 12.4. The maximum Gasteiger partial charge on any atom is 0.317 e. The number of nitrogens with zero attached hydrogens (tertiary/aromatic N) is 2. The first-order valence-corrected chi connectivity index (χ1v) is 9.16. The minimum Gasteiger partial charge on any atom is -0.481 e. The number of amides is 2. The first-order valence-electron chi connectivity index (χ1n) is 9.16. The predicted octanol–water partition coefficient (Wildman–Crippen LogP) is 2.16. The SMILES string of the molecule is COCC1(C(=O)O)CCN(C(=O)NCCc2cn(C)c3cc(C)ccc23)C1. The van der Waals surface area contributed by atoms with Crippen LogP contribution in [0.3, 0.4) is 0 Å². The van der Waals surface area contributed by atoms with E-state index in [1.165, 1.54) is 29.1 Å². The van der Waals surface area contributed by atoms with Crippen molar-refractivity contribution in [1.29, 1.82) is 0 Å². The number of urea groups is 1. The molecule has 7 nitrogen and oxygen atoms in total. The molecular formula is C20H27N3O4. The van der Waals surface area contributed by atoms with Crippen LogP contribution in [-0.4, -0.2) is 59.9 Å². The van der Waals surface area contributed by atoms with E-state index < -0.39 is 11.4 Å². The zero-order chi connectivity index (χ0) is 19.6. The monoisotopic (exact) mass is 373 g/mol. The summed E-state index contributed by atoms with van der Waals surface area (Å²) >= 11 is 0. The molecule has 146 valence electrons. The molecule has 7 heteroatoms. The minimum atomic E-state index is -1.00. The van der Waals surface area contributed by atoms with Gasteiger partial charge in [0.25, 0.3) is 0 Å². The molecule has 1 atom stereocenters. The Hall–Kier alpha value is -2.54. The number of carboxylic acid groups (broad SMARTS) is 1. The van der Waals surface area contributed by atoms with Crippen LogP contribution >= 0.6 is 0 Å². The molecule has 3 rings (SSSR count). The van der Waals surface area contributed by atoms with Gasteiger partial charge in [-0.25, -0.2) is 4.79 Å². The van der Waals surface area contributed by atoms with Crippen molar-refractivity contribution in [1.82, 2.24) is 14.8 Å². The van der Waals surface area contributed by atoms with E-state index in [0.717, 1.165) is 6.42 Å². The highest BCUT2D eigenvalue weighted by molar-refractivity contribution is 5.85. The molecular weight excluding hydrogens is 346 g/mol. The molecule has 1 aliphatic heterocycles. The third-order valence-electron chi connectivity index (χ3n) is 5.41. The van der Waals surface area contributed by atoms with Gasteiger partial charge in [0.2, 0.25) is 0 Å². The molecule has 1 fully saturated rings. The van der Waals surface area contributed by atoms with Crippen LogP contribution in [0.5, 0.6) is 0 Å². The van der Waals surface area contributed by atoms with Crippen molar-refractivity contribution in [2.45, 2.75) is 19.8 Å². The van der Waals surface area contributed by atoms with Crippen molar-refractivity contribution < 1.29 is 19.4 Å². The van der Waals surface area contributed by atoms with Gasteiger partial charge in [-0.1, -0.05) is 12.1 Å². The van der Waals surface area contributed by atoms with Crippen molar-refractivity contribution in [3.05, 3.63) is 35.5 Å². The second-order valence-electron chi connectivity index (χ2n) is 7.46. The first kappa shape index (κ1) is 19.2. The Balaban J connectivity index is 1.58. The van der Waals surface area contributed by atoms with E-state index in [1.807, 2.05) is 7.05 Å². The molecule has 0 saturated carbocycles. The average molecular weight is 373 g/mol. The lowest BCUT2D eigenvalue weighted by Crippen LogP contribution is -2.43. The number of likely N-dealkylation sites (tertiary alicyclic amines) is 1. The topological polar surface area (TPSA) is 83.8 Å². The maximum atomic E-state index is 12.4. The molecule has 0 aliphatic carbocycles. The van der Waals surface area contributed by atoms with Gasteiger partial charge >= 0.3 is 12.0 Å². The zero-order valence-corrected chi connectivity index (χ0v) is 16.1. The van der Waals surface area contributed by atoms with Crippen LogP contribution in [0.1, 0.15) is 17.5 Å². The minimum absolute atomic E-state index is 0.113. The van der Waals surface area contributed by atoms with Crippen LogP contribution in [-0.2, 0) is 23.0 Å². The van der Waals surface area contributed by atoms with Gasteiger partial charge in [-0.2, -0.15) is 0 Å². The van der Waals surface area contributed by atoms with Crippen molar-refractivity contribution in [2.24, 2.45) is 12.5 Å². The van der Waals surface area contributed by atoms with Crippen LogP contribution < -0.4 is 5.32 Å². The Morgan fingerprint density at radius 3 is 2.85 bits per heavy atom. The number of benzene rings is 1. The third kappa shape index (κ3) is 3.78. The van der Waals surface area contributed by atoms with Crippen LogP contribution in [0.2, 0.25) is 0 Å². The fourth-order valence-electron chi connectivity index (χ4n) is 3.87. The third-order valence-corrected chi connectivity index (χ3v) is 5.41. The zero-order valence-electron chi connectivity index (χ0n) is 16.1. The summed E-state index contributed by atoms with van der Waals surface area (Å²) in [7, 11) is 3.51. The van der Waals surface area contributed by atoms with Crippen molar-refractivity contribution in [3.63, 3.8) is 0 Å². The number of ether oxygens (including phenoxy) is 1. The molecule has 1 aliphatic rings. The van der Waals surface area contributed by atoms with Gasteiger partial charge in [0.1, 0.15) is 5.41 Å². The van der Waals surface area contributed by atoms with E-state index >= 15 is 0 Å². The van der Waals surface area contributed by atoms with E-state index in [-0.39, 0.29) is 19.2 Å². The number of methoxy groups -OCH3 is 1. The molecule has 0 spiro atoms. The first-order chi connectivity index (χ1) is 12.9. The van der Waals surface area contributed by atoms with Gasteiger partial charge in [0.05, 0.1) is 6.61 Å². The van der Waals surface area contributed by atoms with Gasteiger partial charge < -0.3 is 24.6 Å². The highest BCUT2D eigenvalue weighted by atomic mass is 16.5. The fraction of sp³-hybridized carbons (Fsp3) is 0.500. The predicted molar refractivity (Wildman–Crippen MR) is 103 cm³/mol. The molecule has 2 heterocycles. The summed E-state index contributed by atoms with van der Waals surface area (Å²) in [5, 5.41) is 13.6. The Morgan fingerprint density at radius 2 is 2.15 bits per heavy atom.